The number of hydrogen-bond acceptors (Lipinski definition) is 3. The summed E-state index contributed by atoms with van der Waals surface area (Å²) in [5.41, 5.74) is 3.41. The van der Waals surface area contributed by atoms with Crippen molar-refractivity contribution in [1.82, 2.24) is 4.90 Å². The monoisotopic (exact) mass is 323 g/mol. The van der Waals surface area contributed by atoms with Crippen molar-refractivity contribution in [2.45, 2.75) is 32.9 Å². The first-order valence-electron chi connectivity index (χ1n) is 7.13. The maximum Gasteiger partial charge on any atom is 0.0931 e. The SMILES string of the molecule is Cc1cc(C)cc(C(O)CCN(C)Cc2ccc(Cl)s2)c1. The van der Waals surface area contributed by atoms with Crippen LogP contribution in [-0.4, -0.2) is 23.6 Å². The van der Waals surface area contributed by atoms with E-state index >= 15 is 0 Å². The van der Waals surface area contributed by atoms with Gasteiger partial charge < -0.3 is 10.0 Å². The zero-order valence-corrected chi connectivity index (χ0v) is 14.3. The van der Waals surface area contributed by atoms with Crippen LogP contribution in [0.3, 0.4) is 0 Å². The van der Waals surface area contributed by atoms with Gasteiger partial charge in [-0.1, -0.05) is 40.9 Å². The molecule has 1 unspecified atom stereocenters. The number of nitrogens with zero attached hydrogens (tertiary/aromatic N) is 1. The Labute approximate surface area is 136 Å². The van der Waals surface area contributed by atoms with Crippen molar-refractivity contribution in [3.8, 4) is 0 Å². The molecule has 0 aliphatic heterocycles. The Hall–Kier alpha value is -0.870. The highest BCUT2D eigenvalue weighted by Crippen LogP contribution is 2.23. The van der Waals surface area contributed by atoms with Crippen LogP contribution in [0.4, 0.5) is 0 Å². The zero-order valence-electron chi connectivity index (χ0n) is 12.8. The molecule has 114 valence electrons. The minimum Gasteiger partial charge on any atom is -0.388 e. The number of rotatable bonds is 6. The molecule has 0 saturated carbocycles. The molecule has 4 heteroatoms. The number of aliphatic hydroxyl groups is 1. The van der Waals surface area contributed by atoms with Gasteiger partial charge in [-0.2, -0.15) is 0 Å². The lowest BCUT2D eigenvalue weighted by Crippen LogP contribution is -2.20. The highest BCUT2D eigenvalue weighted by molar-refractivity contribution is 7.16. The van der Waals surface area contributed by atoms with Gasteiger partial charge in [-0.05, 0) is 45.0 Å². The van der Waals surface area contributed by atoms with Gasteiger partial charge in [0, 0.05) is 18.0 Å². The van der Waals surface area contributed by atoms with Crippen molar-refractivity contribution in [3.63, 3.8) is 0 Å². The molecule has 0 aliphatic rings. The molecular formula is C17H22ClNOS. The maximum absolute atomic E-state index is 10.3. The van der Waals surface area contributed by atoms with Crippen LogP contribution in [-0.2, 0) is 6.54 Å². The van der Waals surface area contributed by atoms with E-state index in [0.29, 0.717) is 0 Å². The zero-order chi connectivity index (χ0) is 15.4. The van der Waals surface area contributed by atoms with E-state index in [2.05, 4.69) is 50.1 Å². The summed E-state index contributed by atoms with van der Waals surface area (Å²) in [6, 6.07) is 10.2. The molecule has 1 heterocycles. The normalized spacial score (nSPS) is 12.9. The smallest absolute Gasteiger partial charge is 0.0931 e. The summed E-state index contributed by atoms with van der Waals surface area (Å²) in [5, 5.41) is 10.3. The standard InChI is InChI=1S/C17H22ClNOS/c1-12-8-13(2)10-14(9-12)16(20)6-7-19(3)11-15-4-5-17(18)21-15/h4-5,8-10,16,20H,6-7,11H2,1-3H3. The van der Waals surface area contributed by atoms with Crippen LogP contribution in [0.5, 0.6) is 0 Å². The Morgan fingerprint density at radius 3 is 2.43 bits per heavy atom. The minimum absolute atomic E-state index is 0.405. The molecule has 0 saturated heterocycles. The van der Waals surface area contributed by atoms with E-state index < -0.39 is 6.10 Å². The molecule has 2 rings (SSSR count). The molecule has 21 heavy (non-hydrogen) atoms. The first kappa shape index (κ1) is 16.5. The molecular weight excluding hydrogens is 302 g/mol. The van der Waals surface area contributed by atoms with Crippen molar-refractivity contribution in [2.24, 2.45) is 0 Å². The number of aliphatic hydroxyl groups excluding tert-OH is 1. The van der Waals surface area contributed by atoms with Crippen molar-refractivity contribution >= 4 is 22.9 Å². The first-order chi connectivity index (χ1) is 9.94. The second-order valence-corrected chi connectivity index (χ2v) is 7.47. The van der Waals surface area contributed by atoms with Gasteiger partial charge in [-0.15, -0.1) is 11.3 Å². The van der Waals surface area contributed by atoms with Crippen molar-refractivity contribution in [3.05, 3.63) is 56.2 Å². The van der Waals surface area contributed by atoms with Crippen LogP contribution in [0, 0.1) is 13.8 Å². The molecule has 0 spiro atoms. The molecule has 1 N–H and O–H groups in total. The minimum atomic E-state index is -0.405. The highest BCUT2D eigenvalue weighted by atomic mass is 35.5. The van der Waals surface area contributed by atoms with Crippen LogP contribution in [0.1, 0.15) is 34.1 Å². The van der Waals surface area contributed by atoms with Gasteiger partial charge in [0.25, 0.3) is 0 Å². The Morgan fingerprint density at radius 2 is 1.86 bits per heavy atom. The third-order valence-corrected chi connectivity index (χ3v) is 4.68. The van der Waals surface area contributed by atoms with Crippen LogP contribution < -0.4 is 0 Å². The Kier molecular flexibility index (Phi) is 5.82. The Bertz CT molecular complexity index is 576. The summed E-state index contributed by atoms with van der Waals surface area (Å²) in [6.07, 6.45) is 0.330. The molecule has 1 aromatic heterocycles. The molecule has 0 aliphatic carbocycles. The summed E-state index contributed by atoms with van der Waals surface area (Å²) in [7, 11) is 2.07. The second kappa shape index (κ2) is 7.41. The molecule has 1 aromatic carbocycles. The van der Waals surface area contributed by atoms with Crippen LogP contribution in [0.2, 0.25) is 4.34 Å². The summed E-state index contributed by atoms with van der Waals surface area (Å²) in [6.45, 7) is 5.85. The lowest BCUT2D eigenvalue weighted by Gasteiger charge is -2.19. The van der Waals surface area contributed by atoms with Crippen LogP contribution in [0.15, 0.2) is 30.3 Å². The Morgan fingerprint density at radius 1 is 1.19 bits per heavy atom. The fraction of sp³-hybridized carbons (Fsp3) is 0.412. The third-order valence-electron chi connectivity index (χ3n) is 3.47. The highest BCUT2D eigenvalue weighted by Gasteiger charge is 2.11. The van der Waals surface area contributed by atoms with E-state index in [-0.39, 0.29) is 0 Å². The van der Waals surface area contributed by atoms with E-state index in [1.54, 1.807) is 11.3 Å². The van der Waals surface area contributed by atoms with E-state index in [9.17, 15) is 5.11 Å². The second-order valence-electron chi connectivity index (χ2n) is 5.67. The van der Waals surface area contributed by atoms with Gasteiger partial charge in [0.2, 0.25) is 0 Å². The third kappa shape index (κ3) is 5.11. The first-order valence-corrected chi connectivity index (χ1v) is 8.32. The molecule has 0 bridgehead atoms. The summed E-state index contributed by atoms with van der Waals surface area (Å²) >= 11 is 7.55. The van der Waals surface area contributed by atoms with Crippen LogP contribution in [0.25, 0.3) is 0 Å². The van der Waals surface area contributed by atoms with Gasteiger partial charge >= 0.3 is 0 Å². The predicted molar refractivity (Wildman–Crippen MR) is 91.2 cm³/mol. The summed E-state index contributed by atoms with van der Waals surface area (Å²) < 4.78 is 0.827. The van der Waals surface area contributed by atoms with Gasteiger partial charge in [0.05, 0.1) is 10.4 Å². The van der Waals surface area contributed by atoms with Crippen molar-refractivity contribution in [2.75, 3.05) is 13.6 Å². The number of benzene rings is 1. The van der Waals surface area contributed by atoms with E-state index in [1.165, 1.54) is 16.0 Å². The van der Waals surface area contributed by atoms with Crippen molar-refractivity contribution in [1.29, 1.82) is 0 Å². The number of aryl methyl sites for hydroxylation is 2. The van der Waals surface area contributed by atoms with E-state index in [0.717, 1.165) is 29.4 Å². The van der Waals surface area contributed by atoms with Crippen molar-refractivity contribution < 1.29 is 5.11 Å². The summed E-state index contributed by atoms with van der Waals surface area (Å²) in [5.74, 6) is 0. The Balaban J connectivity index is 1.86. The van der Waals surface area contributed by atoms with E-state index in [4.69, 9.17) is 11.6 Å². The maximum atomic E-state index is 10.3. The molecule has 0 fully saturated rings. The van der Waals surface area contributed by atoms with Crippen LogP contribution >= 0.6 is 22.9 Å². The molecule has 2 aromatic rings. The fourth-order valence-corrected chi connectivity index (χ4v) is 3.66. The quantitative estimate of drug-likeness (QED) is 0.841. The van der Waals surface area contributed by atoms with Gasteiger partial charge in [0.1, 0.15) is 0 Å². The molecule has 2 nitrogen and oxygen atoms in total. The van der Waals surface area contributed by atoms with Gasteiger partial charge in [0.15, 0.2) is 0 Å². The average molecular weight is 324 g/mol. The fourth-order valence-electron chi connectivity index (χ4n) is 2.49. The molecule has 0 amide bonds. The lowest BCUT2D eigenvalue weighted by atomic mass is 10.0. The number of thiophene rings is 1. The number of halogens is 1. The van der Waals surface area contributed by atoms with Gasteiger partial charge in [-0.25, -0.2) is 0 Å². The lowest BCUT2D eigenvalue weighted by molar-refractivity contribution is 0.148. The largest absolute Gasteiger partial charge is 0.388 e. The molecule has 1 atom stereocenters. The summed E-state index contributed by atoms with van der Waals surface area (Å²) in [4.78, 5) is 3.47. The van der Waals surface area contributed by atoms with E-state index in [1.807, 2.05) is 6.07 Å². The van der Waals surface area contributed by atoms with Gasteiger partial charge in [-0.3, -0.25) is 0 Å². The molecule has 0 radical (unpaired) electrons. The average Bonchev–Trinajstić information content (AvgIpc) is 2.80. The predicted octanol–water partition coefficient (Wildman–Crippen LogP) is 4.57. The number of hydrogen-bond donors (Lipinski definition) is 1. The topological polar surface area (TPSA) is 23.5 Å².